The summed E-state index contributed by atoms with van der Waals surface area (Å²) < 4.78 is 47.6. The molecular weight excluding hydrogens is 755 g/mol. The van der Waals surface area contributed by atoms with E-state index >= 15 is 0 Å². The second kappa shape index (κ2) is 17.0. The number of rotatable bonds is 8. The van der Waals surface area contributed by atoms with Gasteiger partial charge in [-0.15, -0.1) is 0 Å². The van der Waals surface area contributed by atoms with Crippen LogP contribution in [0.2, 0.25) is 5.02 Å². The standard InChI is InChI=1S/C39H49ClF3N7O6/c1-4-55-50-16-12-38(3,30(24-51)25(50)2)48-19-17-46(18-20-48)35(52)33(23-26-21-29(39(41,42)43)34(44)31(40)22-26)56-37(54)47-13-10-28(11-14-47)49-15-9-27-7-5-6-8-32(27)45-36(49)53/h5-8,21-22,25,28,33H,4,9-20,23,44H2,1-3H3,(H,45,53)/t25?,33-,38?/m1/s1. The van der Waals surface area contributed by atoms with Crippen molar-refractivity contribution < 1.29 is 41.9 Å². The van der Waals surface area contributed by atoms with Crippen molar-refractivity contribution in [1.29, 1.82) is 0 Å². The van der Waals surface area contributed by atoms with E-state index in [0.717, 1.165) is 17.3 Å². The van der Waals surface area contributed by atoms with Gasteiger partial charge in [0.15, 0.2) is 6.10 Å². The number of amides is 4. The monoisotopic (exact) mass is 803 g/mol. The number of likely N-dealkylation sites (tertiary alicyclic amines) is 1. The molecule has 56 heavy (non-hydrogen) atoms. The molecule has 4 amide bonds. The first-order valence-corrected chi connectivity index (χ1v) is 19.5. The quantitative estimate of drug-likeness (QED) is 0.271. The van der Waals surface area contributed by atoms with E-state index in [9.17, 15) is 32.3 Å². The summed E-state index contributed by atoms with van der Waals surface area (Å²) in [5, 5.41) is 4.42. The molecule has 4 aliphatic heterocycles. The van der Waals surface area contributed by atoms with Crippen molar-refractivity contribution in [2.75, 3.05) is 70.0 Å². The number of ether oxygens (including phenoxy) is 1. The van der Waals surface area contributed by atoms with Crippen LogP contribution in [0.3, 0.4) is 0 Å². The van der Waals surface area contributed by atoms with Crippen LogP contribution in [0.25, 0.3) is 0 Å². The van der Waals surface area contributed by atoms with Crippen LogP contribution < -0.4 is 11.1 Å². The maximum atomic E-state index is 14.2. The number of anilines is 2. The summed E-state index contributed by atoms with van der Waals surface area (Å²) in [5.74, 6) is 1.59. The molecule has 2 aromatic rings. The van der Waals surface area contributed by atoms with Crippen LogP contribution in [0.4, 0.5) is 34.1 Å². The van der Waals surface area contributed by atoms with Crippen LogP contribution >= 0.6 is 11.6 Å². The van der Waals surface area contributed by atoms with Gasteiger partial charge in [-0.25, -0.2) is 14.4 Å². The number of nitrogens with one attached hydrogen (secondary N) is 1. The van der Waals surface area contributed by atoms with Crippen LogP contribution in [0.1, 0.15) is 56.7 Å². The maximum absolute atomic E-state index is 14.2. The summed E-state index contributed by atoms with van der Waals surface area (Å²) >= 11 is 6.14. The lowest BCUT2D eigenvalue weighted by Gasteiger charge is -2.51. The van der Waals surface area contributed by atoms with Crippen LogP contribution in [-0.2, 0) is 38.2 Å². The molecule has 2 aromatic carbocycles. The molecule has 13 nitrogen and oxygen atoms in total. The zero-order valence-corrected chi connectivity index (χ0v) is 32.6. The molecule has 4 heterocycles. The molecule has 3 saturated heterocycles. The van der Waals surface area contributed by atoms with Crippen molar-refractivity contribution in [2.45, 2.75) is 82.8 Å². The molecule has 0 bridgehead atoms. The third kappa shape index (κ3) is 8.64. The van der Waals surface area contributed by atoms with Crippen LogP contribution in [0.5, 0.6) is 0 Å². The number of alkyl halides is 3. The fourth-order valence-corrected chi connectivity index (χ4v) is 8.70. The Labute approximate surface area is 329 Å². The summed E-state index contributed by atoms with van der Waals surface area (Å²) in [4.78, 5) is 65.9. The lowest BCUT2D eigenvalue weighted by molar-refractivity contribution is -0.190. The summed E-state index contributed by atoms with van der Waals surface area (Å²) in [7, 11) is 0. The molecule has 3 fully saturated rings. The van der Waals surface area contributed by atoms with Crippen molar-refractivity contribution in [1.82, 2.24) is 24.7 Å². The first-order valence-electron chi connectivity index (χ1n) is 19.1. The second-order valence-corrected chi connectivity index (χ2v) is 15.4. The van der Waals surface area contributed by atoms with Gasteiger partial charge in [-0.05, 0) is 75.8 Å². The van der Waals surface area contributed by atoms with Gasteiger partial charge in [-0.1, -0.05) is 29.8 Å². The van der Waals surface area contributed by atoms with Crippen molar-refractivity contribution in [3.63, 3.8) is 0 Å². The smallest absolute Gasteiger partial charge is 0.418 e. The van der Waals surface area contributed by atoms with Gasteiger partial charge in [-0.3, -0.25) is 14.5 Å². The zero-order valence-electron chi connectivity index (χ0n) is 31.9. The number of hydroxylamine groups is 2. The highest BCUT2D eigenvalue weighted by Gasteiger charge is 2.46. The predicted octanol–water partition coefficient (Wildman–Crippen LogP) is 5.25. The lowest BCUT2D eigenvalue weighted by atomic mass is 9.79. The van der Waals surface area contributed by atoms with E-state index in [1.807, 2.05) is 45.0 Å². The molecule has 4 aliphatic rings. The van der Waals surface area contributed by atoms with Crippen LogP contribution in [0, 0.1) is 0 Å². The van der Waals surface area contributed by atoms with Crippen LogP contribution in [0.15, 0.2) is 42.0 Å². The number of fused-ring (bicyclic) bond motifs is 1. The molecule has 6 rings (SSSR count). The fourth-order valence-electron chi connectivity index (χ4n) is 8.45. The van der Waals surface area contributed by atoms with Crippen molar-refractivity contribution >= 4 is 46.9 Å². The summed E-state index contributed by atoms with van der Waals surface area (Å²) in [6.45, 7) is 9.06. The minimum Gasteiger partial charge on any atom is -0.436 e. The molecule has 0 radical (unpaired) electrons. The normalized spacial score (nSPS) is 23.6. The van der Waals surface area contributed by atoms with Gasteiger partial charge in [-0.2, -0.15) is 18.2 Å². The number of carbonyl (C=O) groups excluding carboxylic acids is 4. The van der Waals surface area contributed by atoms with E-state index in [2.05, 4.69) is 16.2 Å². The van der Waals surface area contributed by atoms with Gasteiger partial charge in [0.1, 0.15) is 5.94 Å². The van der Waals surface area contributed by atoms with Crippen molar-refractivity contribution in [3.8, 4) is 0 Å². The molecule has 0 saturated carbocycles. The Bertz CT molecular complexity index is 1850. The van der Waals surface area contributed by atoms with Crippen LogP contribution in [-0.4, -0.2) is 131 Å². The number of hydrogen-bond donors (Lipinski definition) is 2. The number of nitrogens with zero attached hydrogens (tertiary/aromatic N) is 5. The summed E-state index contributed by atoms with van der Waals surface area (Å²) in [6, 6.07) is 9.07. The Morgan fingerprint density at radius 2 is 1.75 bits per heavy atom. The fraction of sp³-hybridized carbons (Fsp3) is 0.564. The average Bonchev–Trinajstić information content (AvgIpc) is 3.34. The molecule has 17 heteroatoms. The summed E-state index contributed by atoms with van der Waals surface area (Å²) in [6.07, 6.45) is -5.22. The zero-order chi connectivity index (χ0) is 40.4. The topological polar surface area (TPSA) is 141 Å². The molecule has 304 valence electrons. The number of hydrogen-bond acceptors (Lipinski definition) is 9. The highest BCUT2D eigenvalue weighted by molar-refractivity contribution is 6.33. The van der Waals surface area contributed by atoms with E-state index in [4.69, 9.17) is 26.9 Å². The molecule has 0 spiro atoms. The van der Waals surface area contributed by atoms with Crippen molar-refractivity contribution in [3.05, 3.63) is 63.7 Å². The van der Waals surface area contributed by atoms with Gasteiger partial charge in [0.2, 0.25) is 0 Å². The SMILES string of the molecule is CCON1CCC(C)(N2CCN(C(=O)[C@@H](Cc3cc(Cl)c(N)c(C(F)(F)F)c3)OC(=O)N3CCC(N4CCc5ccccc5NC4=O)CC3)CC2)C(=C=O)C1C. The van der Waals surface area contributed by atoms with E-state index in [1.165, 1.54) is 15.9 Å². The minimum atomic E-state index is -4.81. The Morgan fingerprint density at radius 3 is 2.41 bits per heavy atom. The molecule has 0 aromatic heterocycles. The average molecular weight is 804 g/mol. The van der Waals surface area contributed by atoms with Gasteiger partial charge in [0.05, 0.1) is 40.0 Å². The Hall–Kier alpha value is -4.34. The third-order valence-electron chi connectivity index (χ3n) is 11.7. The van der Waals surface area contributed by atoms with Gasteiger partial charge >= 0.3 is 18.3 Å². The number of nitrogens with two attached hydrogens (primary N) is 1. The number of halogens is 4. The molecule has 3 atom stereocenters. The molecule has 0 aliphatic carbocycles. The first kappa shape index (κ1) is 41.3. The van der Waals surface area contributed by atoms with Gasteiger partial charge in [0, 0.05) is 70.5 Å². The van der Waals surface area contributed by atoms with Gasteiger partial charge < -0.3 is 30.5 Å². The van der Waals surface area contributed by atoms with E-state index in [0.29, 0.717) is 64.0 Å². The highest BCUT2D eigenvalue weighted by Crippen LogP contribution is 2.39. The number of urea groups is 1. The number of carbonyl (C=O) groups is 3. The highest BCUT2D eigenvalue weighted by atomic mass is 35.5. The van der Waals surface area contributed by atoms with E-state index in [-0.39, 0.29) is 61.3 Å². The minimum absolute atomic E-state index is 0.0245. The number of piperidine rings is 2. The Balaban J connectivity index is 1.15. The van der Waals surface area contributed by atoms with E-state index < -0.39 is 41.1 Å². The maximum Gasteiger partial charge on any atom is 0.418 e. The number of piperazine rings is 1. The lowest BCUT2D eigenvalue weighted by Crippen LogP contribution is -2.63. The predicted molar refractivity (Wildman–Crippen MR) is 203 cm³/mol. The second-order valence-electron chi connectivity index (χ2n) is 14.9. The van der Waals surface area contributed by atoms with Crippen molar-refractivity contribution in [2.24, 2.45) is 0 Å². The third-order valence-corrected chi connectivity index (χ3v) is 12.0. The van der Waals surface area contributed by atoms with E-state index in [1.54, 1.807) is 9.96 Å². The summed E-state index contributed by atoms with van der Waals surface area (Å²) in [5.41, 5.74) is 5.65. The first-order chi connectivity index (χ1) is 26.6. The number of benzene rings is 2. The largest absolute Gasteiger partial charge is 0.436 e. The van der Waals surface area contributed by atoms with Gasteiger partial charge in [0.25, 0.3) is 5.91 Å². The molecule has 2 unspecified atom stereocenters. The number of para-hydroxylation sites is 1. The number of nitrogen functional groups attached to an aromatic ring is 1. The molecule has 3 N–H and O–H groups in total. The Kier molecular flexibility index (Phi) is 12.6. The Morgan fingerprint density at radius 1 is 1.05 bits per heavy atom. The molecular formula is C39H49ClF3N7O6.